The second kappa shape index (κ2) is 6.50. The SMILES string of the molecule is C[C@@H](NCc1ccc2c(c1)OCCO2)c1ccc(Br)cc1. The molecular formula is C17H18BrNO2. The first kappa shape index (κ1) is 14.4. The highest BCUT2D eigenvalue weighted by atomic mass is 79.9. The van der Waals surface area contributed by atoms with Gasteiger partial charge in [-0.05, 0) is 42.3 Å². The third kappa shape index (κ3) is 3.57. The summed E-state index contributed by atoms with van der Waals surface area (Å²) in [6.45, 7) is 4.22. The maximum atomic E-state index is 5.61. The number of halogens is 1. The number of fused-ring (bicyclic) bond motifs is 1. The first-order chi connectivity index (χ1) is 10.2. The van der Waals surface area contributed by atoms with Crippen molar-refractivity contribution in [2.45, 2.75) is 19.5 Å². The van der Waals surface area contributed by atoms with E-state index in [2.05, 4.69) is 64.6 Å². The van der Waals surface area contributed by atoms with Crippen LogP contribution in [0.4, 0.5) is 0 Å². The summed E-state index contributed by atoms with van der Waals surface area (Å²) in [4.78, 5) is 0. The molecule has 4 heteroatoms. The highest BCUT2D eigenvalue weighted by Crippen LogP contribution is 2.30. The molecule has 0 aromatic heterocycles. The van der Waals surface area contributed by atoms with Gasteiger partial charge in [-0.25, -0.2) is 0 Å². The van der Waals surface area contributed by atoms with Crippen molar-refractivity contribution in [2.24, 2.45) is 0 Å². The summed E-state index contributed by atoms with van der Waals surface area (Å²) in [7, 11) is 0. The van der Waals surface area contributed by atoms with Crippen molar-refractivity contribution in [1.82, 2.24) is 5.32 Å². The van der Waals surface area contributed by atoms with Gasteiger partial charge in [0, 0.05) is 17.1 Å². The zero-order valence-corrected chi connectivity index (χ0v) is 13.5. The molecule has 0 amide bonds. The molecule has 1 heterocycles. The van der Waals surface area contributed by atoms with E-state index in [0.29, 0.717) is 19.3 Å². The standard InChI is InChI=1S/C17H18BrNO2/c1-12(14-3-5-15(18)6-4-14)19-11-13-2-7-16-17(10-13)21-9-8-20-16/h2-7,10,12,19H,8-9,11H2,1H3/t12-/m1/s1. The van der Waals surface area contributed by atoms with E-state index in [9.17, 15) is 0 Å². The number of rotatable bonds is 4. The molecule has 2 aromatic carbocycles. The summed E-state index contributed by atoms with van der Waals surface area (Å²) in [5, 5.41) is 3.53. The van der Waals surface area contributed by atoms with Crippen molar-refractivity contribution in [3.63, 3.8) is 0 Å². The van der Waals surface area contributed by atoms with Crippen molar-refractivity contribution < 1.29 is 9.47 Å². The lowest BCUT2D eigenvalue weighted by atomic mass is 10.1. The second-order valence-electron chi connectivity index (χ2n) is 5.13. The molecule has 0 fully saturated rings. The van der Waals surface area contributed by atoms with E-state index in [0.717, 1.165) is 22.5 Å². The van der Waals surface area contributed by atoms with E-state index < -0.39 is 0 Å². The molecule has 0 bridgehead atoms. The number of ether oxygens (including phenoxy) is 2. The number of hydrogen-bond acceptors (Lipinski definition) is 3. The maximum absolute atomic E-state index is 5.61. The van der Waals surface area contributed by atoms with Crippen molar-refractivity contribution in [1.29, 1.82) is 0 Å². The number of benzene rings is 2. The summed E-state index contributed by atoms with van der Waals surface area (Å²) in [5.74, 6) is 1.68. The van der Waals surface area contributed by atoms with Crippen molar-refractivity contribution >= 4 is 15.9 Å². The smallest absolute Gasteiger partial charge is 0.161 e. The molecule has 1 N–H and O–H groups in total. The Morgan fingerprint density at radius 3 is 2.52 bits per heavy atom. The number of nitrogens with one attached hydrogen (secondary N) is 1. The van der Waals surface area contributed by atoms with Crippen LogP contribution in [-0.2, 0) is 6.54 Å². The third-order valence-electron chi connectivity index (χ3n) is 3.59. The van der Waals surface area contributed by atoms with Crippen LogP contribution in [0.1, 0.15) is 24.1 Å². The van der Waals surface area contributed by atoms with Crippen LogP contribution in [0.15, 0.2) is 46.9 Å². The monoisotopic (exact) mass is 347 g/mol. The minimum Gasteiger partial charge on any atom is -0.486 e. The Labute approximate surface area is 133 Å². The van der Waals surface area contributed by atoms with E-state index in [1.54, 1.807) is 0 Å². The van der Waals surface area contributed by atoms with Gasteiger partial charge in [0.25, 0.3) is 0 Å². The molecule has 1 aliphatic rings. The maximum Gasteiger partial charge on any atom is 0.161 e. The van der Waals surface area contributed by atoms with Crippen LogP contribution < -0.4 is 14.8 Å². The Balaban J connectivity index is 1.63. The molecule has 21 heavy (non-hydrogen) atoms. The zero-order chi connectivity index (χ0) is 14.7. The Morgan fingerprint density at radius 2 is 1.76 bits per heavy atom. The van der Waals surface area contributed by atoms with Crippen molar-refractivity contribution in [3.8, 4) is 11.5 Å². The first-order valence-electron chi connectivity index (χ1n) is 7.10. The van der Waals surface area contributed by atoms with Gasteiger partial charge in [-0.3, -0.25) is 0 Å². The molecule has 1 atom stereocenters. The molecule has 0 saturated heterocycles. The molecule has 110 valence electrons. The van der Waals surface area contributed by atoms with Crippen LogP contribution in [0.5, 0.6) is 11.5 Å². The summed E-state index contributed by atoms with van der Waals surface area (Å²) >= 11 is 3.46. The Kier molecular flexibility index (Phi) is 4.46. The predicted molar refractivity (Wildman–Crippen MR) is 86.8 cm³/mol. The normalized spacial score (nSPS) is 14.8. The molecule has 1 aliphatic heterocycles. The third-order valence-corrected chi connectivity index (χ3v) is 4.12. The number of hydrogen-bond donors (Lipinski definition) is 1. The molecule has 0 spiro atoms. The van der Waals surface area contributed by atoms with E-state index in [-0.39, 0.29) is 0 Å². The molecule has 3 rings (SSSR count). The summed E-state index contributed by atoms with van der Waals surface area (Å²) in [5.41, 5.74) is 2.47. The van der Waals surface area contributed by atoms with E-state index in [4.69, 9.17) is 9.47 Å². The van der Waals surface area contributed by atoms with Gasteiger partial charge in [-0.15, -0.1) is 0 Å². The lowest BCUT2D eigenvalue weighted by molar-refractivity contribution is 0.171. The average molecular weight is 348 g/mol. The quantitative estimate of drug-likeness (QED) is 0.904. The Morgan fingerprint density at radius 1 is 1.05 bits per heavy atom. The van der Waals surface area contributed by atoms with Crippen LogP contribution in [0.2, 0.25) is 0 Å². The Hall–Kier alpha value is -1.52. The molecule has 3 nitrogen and oxygen atoms in total. The second-order valence-corrected chi connectivity index (χ2v) is 6.05. The fourth-order valence-corrected chi connectivity index (χ4v) is 2.60. The van der Waals surface area contributed by atoms with Crippen molar-refractivity contribution in [3.05, 3.63) is 58.1 Å². The fourth-order valence-electron chi connectivity index (χ4n) is 2.34. The predicted octanol–water partition coefficient (Wildman–Crippen LogP) is 4.07. The van der Waals surface area contributed by atoms with Crippen LogP contribution in [0, 0.1) is 0 Å². The fraction of sp³-hybridized carbons (Fsp3) is 0.294. The van der Waals surface area contributed by atoms with Gasteiger partial charge >= 0.3 is 0 Å². The highest BCUT2D eigenvalue weighted by molar-refractivity contribution is 9.10. The van der Waals surface area contributed by atoms with Crippen LogP contribution in [0.25, 0.3) is 0 Å². The highest BCUT2D eigenvalue weighted by Gasteiger charge is 2.12. The van der Waals surface area contributed by atoms with Crippen LogP contribution in [-0.4, -0.2) is 13.2 Å². The molecule has 2 aromatic rings. The van der Waals surface area contributed by atoms with Gasteiger partial charge < -0.3 is 14.8 Å². The minimum absolute atomic E-state index is 0.298. The zero-order valence-electron chi connectivity index (χ0n) is 11.9. The van der Waals surface area contributed by atoms with Gasteiger partial charge in [-0.1, -0.05) is 34.1 Å². The van der Waals surface area contributed by atoms with Crippen molar-refractivity contribution in [2.75, 3.05) is 13.2 Å². The minimum atomic E-state index is 0.298. The van der Waals surface area contributed by atoms with Gasteiger partial charge in [0.15, 0.2) is 11.5 Å². The average Bonchev–Trinajstić information content (AvgIpc) is 2.53. The van der Waals surface area contributed by atoms with E-state index in [1.165, 1.54) is 11.1 Å². The summed E-state index contributed by atoms with van der Waals surface area (Å²) in [6, 6.07) is 14.8. The van der Waals surface area contributed by atoms with E-state index in [1.807, 2.05) is 6.07 Å². The first-order valence-corrected chi connectivity index (χ1v) is 7.89. The molecule has 0 radical (unpaired) electrons. The topological polar surface area (TPSA) is 30.5 Å². The molecule has 0 saturated carbocycles. The molecule has 0 aliphatic carbocycles. The van der Waals surface area contributed by atoms with Gasteiger partial charge in [0.2, 0.25) is 0 Å². The lowest BCUT2D eigenvalue weighted by Crippen LogP contribution is -2.19. The molecular weight excluding hydrogens is 330 g/mol. The Bertz CT molecular complexity index is 613. The van der Waals surface area contributed by atoms with Crippen LogP contribution in [0.3, 0.4) is 0 Å². The largest absolute Gasteiger partial charge is 0.486 e. The lowest BCUT2D eigenvalue weighted by Gasteiger charge is -2.20. The molecule has 0 unspecified atom stereocenters. The van der Waals surface area contributed by atoms with Gasteiger partial charge in [-0.2, -0.15) is 0 Å². The summed E-state index contributed by atoms with van der Waals surface area (Å²) < 4.78 is 12.2. The van der Waals surface area contributed by atoms with Gasteiger partial charge in [0.05, 0.1) is 0 Å². The summed E-state index contributed by atoms with van der Waals surface area (Å²) in [6.07, 6.45) is 0. The van der Waals surface area contributed by atoms with E-state index >= 15 is 0 Å². The van der Waals surface area contributed by atoms with Crippen LogP contribution >= 0.6 is 15.9 Å². The van der Waals surface area contributed by atoms with Gasteiger partial charge in [0.1, 0.15) is 13.2 Å².